The van der Waals surface area contributed by atoms with Crippen LogP contribution in [-0.2, 0) is 11.3 Å². The number of ketones is 1. The number of aryl methyl sites for hydroxylation is 1. The first-order chi connectivity index (χ1) is 9.49. The molecular weight excluding hydrogens is 272 g/mol. The standard InChI is InChI=1S/C12H7F2N3O3/c1-5-9(16-20-15-5)4-17-10-3-8(14)7(13)2-6(10)11(18)12(17)19/h2-3H,4H2,1H3. The number of nitrogens with zero attached hydrogens (tertiary/aromatic N) is 3. The Morgan fingerprint density at radius 2 is 1.90 bits per heavy atom. The minimum absolute atomic E-state index is 0.0151. The summed E-state index contributed by atoms with van der Waals surface area (Å²) in [5.74, 6) is -4.06. The van der Waals surface area contributed by atoms with Gasteiger partial charge in [-0.2, -0.15) is 0 Å². The van der Waals surface area contributed by atoms with E-state index in [1.165, 1.54) is 0 Å². The van der Waals surface area contributed by atoms with E-state index in [1.54, 1.807) is 6.92 Å². The summed E-state index contributed by atoms with van der Waals surface area (Å²) in [6, 6.07) is 1.54. The number of fused-ring (bicyclic) bond motifs is 1. The van der Waals surface area contributed by atoms with Crippen molar-refractivity contribution >= 4 is 17.4 Å². The first kappa shape index (κ1) is 12.4. The molecule has 1 amide bonds. The van der Waals surface area contributed by atoms with E-state index in [1.807, 2.05) is 0 Å². The predicted octanol–water partition coefficient (Wildman–Crippen LogP) is 1.39. The first-order valence-corrected chi connectivity index (χ1v) is 5.62. The highest BCUT2D eigenvalue weighted by atomic mass is 19.2. The van der Waals surface area contributed by atoms with E-state index < -0.39 is 23.3 Å². The molecule has 20 heavy (non-hydrogen) atoms. The molecule has 0 saturated heterocycles. The van der Waals surface area contributed by atoms with Crippen LogP contribution >= 0.6 is 0 Å². The molecule has 6 nitrogen and oxygen atoms in total. The lowest BCUT2D eigenvalue weighted by Crippen LogP contribution is -2.29. The van der Waals surface area contributed by atoms with Crippen molar-refractivity contribution < 1.29 is 23.0 Å². The lowest BCUT2D eigenvalue weighted by atomic mass is 10.1. The van der Waals surface area contributed by atoms with Crippen LogP contribution in [0.5, 0.6) is 0 Å². The Bertz CT molecular complexity index is 742. The molecule has 0 saturated carbocycles. The van der Waals surface area contributed by atoms with E-state index in [4.69, 9.17) is 0 Å². The number of Topliss-reactive ketones (excluding diaryl/α,β-unsaturated/α-hetero) is 1. The molecule has 1 aliphatic heterocycles. The Labute approximate surface area is 110 Å². The Morgan fingerprint density at radius 1 is 1.20 bits per heavy atom. The molecule has 0 fully saturated rings. The molecule has 0 unspecified atom stereocenters. The summed E-state index contributed by atoms with van der Waals surface area (Å²) in [5.41, 5.74) is 0.634. The second-order valence-corrected chi connectivity index (χ2v) is 4.30. The molecular formula is C12H7F2N3O3. The Morgan fingerprint density at radius 3 is 2.55 bits per heavy atom. The third-order valence-corrected chi connectivity index (χ3v) is 3.07. The third-order valence-electron chi connectivity index (χ3n) is 3.07. The molecule has 2 aromatic rings. The number of carbonyl (C=O) groups excluding carboxylic acids is 2. The van der Waals surface area contributed by atoms with Crippen LogP contribution in [0.1, 0.15) is 21.7 Å². The average molecular weight is 279 g/mol. The van der Waals surface area contributed by atoms with Crippen LogP contribution in [0.15, 0.2) is 16.8 Å². The summed E-state index contributed by atoms with van der Waals surface area (Å²) >= 11 is 0. The highest BCUT2D eigenvalue weighted by Crippen LogP contribution is 2.32. The molecule has 1 aromatic carbocycles. The summed E-state index contributed by atoms with van der Waals surface area (Å²) in [5, 5.41) is 7.14. The second-order valence-electron chi connectivity index (χ2n) is 4.30. The maximum absolute atomic E-state index is 13.3. The molecule has 0 N–H and O–H groups in total. The van der Waals surface area contributed by atoms with Gasteiger partial charge in [0.2, 0.25) is 0 Å². The second kappa shape index (κ2) is 4.19. The maximum Gasteiger partial charge on any atom is 0.299 e. The smallest absolute Gasteiger partial charge is 0.298 e. The summed E-state index contributed by atoms with van der Waals surface area (Å²) in [6.07, 6.45) is 0. The molecule has 0 aliphatic carbocycles. The zero-order valence-corrected chi connectivity index (χ0v) is 10.2. The van der Waals surface area contributed by atoms with Gasteiger partial charge in [0.1, 0.15) is 11.4 Å². The molecule has 1 aliphatic rings. The molecule has 0 spiro atoms. The van der Waals surface area contributed by atoms with E-state index in [-0.39, 0.29) is 17.8 Å². The Hall–Kier alpha value is -2.64. The van der Waals surface area contributed by atoms with Gasteiger partial charge in [-0.25, -0.2) is 13.4 Å². The molecule has 0 bridgehead atoms. The van der Waals surface area contributed by atoms with Crippen LogP contribution in [0.25, 0.3) is 0 Å². The number of anilines is 1. The number of aromatic nitrogens is 2. The minimum atomic E-state index is -1.17. The van der Waals surface area contributed by atoms with Gasteiger partial charge in [0.25, 0.3) is 11.7 Å². The number of carbonyl (C=O) groups is 2. The van der Waals surface area contributed by atoms with E-state index in [0.717, 1.165) is 17.0 Å². The molecule has 2 heterocycles. The number of hydrogen-bond donors (Lipinski definition) is 0. The third kappa shape index (κ3) is 1.68. The maximum atomic E-state index is 13.3. The first-order valence-electron chi connectivity index (χ1n) is 5.62. The minimum Gasteiger partial charge on any atom is -0.298 e. The van der Waals surface area contributed by atoms with Gasteiger partial charge in [0, 0.05) is 6.07 Å². The fourth-order valence-corrected chi connectivity index (χ4v) is 1.99. The fourth-order valence-electron chi connectivity index (χ4n) is 1.99. The van der Waals surface area contributed by atoms with Crippen molar-refractivity contribution in [1.29, 1.82) is 0 Å². The van der Waals surface area contributed by atoms with Crippen LogP contribution in [-0.4, -0.2) is 22.0 Å². The van der Waals surface area contributed by atoms with Crippen LogP contribution < -0.4 is 4.90 Å². The van der Waals surface area contributed by atoms with Gasteiger partial charge in [-0.1, -0.05) is 10.3 Å². The van der Waals surface area contributed by atoms with Gasteiger partial charge in [-0.05, 0) is 13.0 Å². The zero-order chi connectivity index (χ0) is 14.4. The largest absolute Gasteiger partial charge is 0.299 e. The van der Waals surface area contributed by atoms with Crippen molar-refractivity contribution in [2.24, 2.45) is 0 Å². The summed E-state index contributed by atoms with van der Waals surface area (Å²) in [4.78, 5) is 24.6. The monoisotopic (exact) mass is 279 g/mol. The molecule has 0 atom stereocenters. The van der Waals surface area contributed by atoms with Crippen molar-refractivity contribution in [2.45, 2.75) is 13.5 Å². The van der Waals surface area contributed by atoms with Crippen LogP contribution in [0, 0.1) is 18.6 Å². The number of hydrogen-bond acceptors (Lipinski definition) is 5. The van der Waals surface area contributed by atoms with Gasteiger partial charge in [0.15, 0.2) is 11.6 Å². The van der Waals surface area contributed by atoms with E-state index >= 15 is 0 Å². The molecule has 0 radical (unpaired) electrons. The topological polar surface area (TPSA) is 76.3 Å². The van der Waals surface area contributed by atoms with Crippen LogP contribution in [0.2, 0.25) is 0 Å². The highest BCUT2D eigenvalue weighted by Gasteiger charge is 2.37. The average Bonchev–Trinajstić information content (AvgIpc) is 2.90. The lowest BCUT2D eigenvalue weighted by Gasteiger charge is -2.14. The normalized spacial score (nSPS) is 14.1. The molecule has 3 rings (SSSR count). The summed E-state index contributed by atoms with van der Waals surface area (Å²) in [7, 11) is 0. The zero-order valence-electron chi connectivity index (χ0n) is 10.2. The van der Waals surface area contributed by atoms with Crippen molar-refractivity contribution in [3.63, 3.8) is 0 Å². The number of benzene rings is 1. The molecule has 1 aromatic heterocycles. The van der Waals surface area contributed by atoms with Crippen molar-refractivity contribution in [3.05, 3.63) is 40.7 Å². The van der Waals surface area contributed by atoms with Gasteiger partial charge < -0.3 is 0 Å². The van der Waals surface area contributed by atoms with E-state index in [0.29, 0.717) is 11.4 Å². The SMILES string of the molecule is Cc1nonc1CN1C(=O)C(=O)c2cc(F)c(F)cc21. The van der Waals surface area contributed by atoms with Crippen molar-refractivity contribution in [2.75, 3.05) is 4.90 Å². The fraction of sp³-hybridized carbons (Fsp3) is 0.167. The summed E-state index contributed by atoms with van der Waals surface area (Å²) < 4.78 is 30.9. The summed E-state index contributed by atoms with van der Waals surface area (Å²) in [6.45, 7) is 1.51. The predicted molar refractivity (Wildman–Crippen MR) is 60.9 cm³/mol. The molecule has 8 heteroatoms. The van der Waals surface area contributed by atoms with Gasteiger partial charge >= 0.3 is 0 Å². The number of rotatable bonds is 2. The van der Waals surface area contributed by atoms with Crippen molar-refractivity contribution in [3.8, 4) is 0 Å². The van der Waals surface area contributed by atoms with Crippen molar-refractivity contribution in [1.82, 2.24) is 10.3 Å². The van der Waals surface area contributed by atoms with E-state index in [2.05, 4.69) is 14.9 Å². The van der Waals surface area contributed by atoms with Crippen LogP contribution in [0.4, 0.5) is 14.5 Å². The molecule has 102 valence electrons. The van der Waals surface area contributed by atoms with Gasteiger partial charge in [-0.3, -0.25) is 14.5 Å². The number of halogens is 2. The van der Waals surface area contributed by atoms with Crippen LogP contribution in [0.3, 0.4) is 0 Å². The highest BCUT2D eigenvalue weighted by molar-refractivity contribution is 6.52. The number of amides is 1. The quantitative estimate of drug-likeness (QED) is 0.776. The van der Waals surface area contributed by atoms with E-state index in [9.17, 15) is 18.4 Å². The van der Waals surface area contributed by atoms with Gasteiger partial charge in [-0.15, -0.1) is 0 Å². The Kier molecular flexibility index (Phi) is 2.60. The lowest BCUT2D eigenvalue weighted by molar-refractivity contribution is -0.114. The van der Waals surface area contributed by atoms with Gasteiger partial charge in [0.05, 0.1) is 17.8 Å². The Balaban J connectivity index is 2.06.